The number of ether oxygens (including phenoxy) is 3. The average Bonchev–Trinajstić information content (AvgIpc) is 2.94. The van der Waals surface area contributed by atoms with Gasteiger partial charge in [-0.25, -0.2) is 18.4 Å². The largest absolute Gasteiger partial charge is 0.492 e. The van der Waals surface area contributed by atoms with Gasteiger partial charge in [0.25, 0.3) is 0 Å². The molecule has 0 aliphatic rings. The molecule has 0 saturated carbocycles. The molecule has 3 aromatic rings. The fraction of sp³-hybridized carbons (Fsp3) is 0.333. The Morgan fingerprint density at radius 3 is 2.29 bits per heavy atom. The lowest BCUT2D eigenvalue weighted by Gasteiger charge is -2.23. The predicted octanol–water partition coefficient (Wildman–Crippen LogP) is 6.82. The Hall–Kier alpha value is -3.44. The molecular weight excluding hydrogens is 593 g/mol. The highest BCUT2D eigenvalue weighted by atomic mass is 35.5. The van der Waals surface area contributed by atoms with Crippen LogP contribution in [0.4, 0.5) is 19.3 Å². The molecule has 0 aliphatic carbocycles. The first-order valence-corrected chi connectivity index (χ1v) is 14.0. The lowest BCUT2D eigenvalue weighted by molar-refractivity contribution is -0.149. The third-order valence-corrected chi connectivity index (χ3v) is 6.42. The number of rotatable bonds is 16. The zero-order valence-electron chi connectivity index (χ0n) is 23.0. The number of nitrogens with one attached hydrogen (secondary N) is 1. The van der Waals surface area contributed by atoms with Gasteiger partial charge in [-0.05, 0) is 66.9 Å². The third kappa shape index (κ3) is 11.1. The zero-order valence-corrected chi connectivity index (χ0v) is 24.5. The molecule has 8 nitrogen and oxygen atoms in total. The van der Waals surface area contributed by atoms with Gasteiger partial charge in [-0.3, -0.25) is 0 Å². The Balaban J connectivity index is 1.54. The lowest BCUT2D eigenvalue weighted by Crippen LogP contribution is -2.39. The van der Waals surface area contributed by atoms with Gasteiger partial charge in [0.2, 0.25) is 0 Å². The van der Waals surface area contributed by atoms with Crippen LogP contribution in [-0.4, -0.2) is 61.0 Å². The highest BCUT2D eigenvalue weighted by Crippen LogP contribution is 2.20. The van der Waals surface area contributed by atoms with Crippen LogP contribution in [0.15, 0.2) is 60.7 Å². The van der Waals surface area contributed by atoms with Crippen molar-refractivity contribution in [1.82, 2.24) is 4.90 Å². The molecule has 0 radical (unpaired) electrons. The van der Waals surface area contributed by atoms with Crippen LogP contribution >= 0.6 is 23.2 Å². The van der Waals surface area contributed by atoms with Gasteiger partial charge >= 0.3 is 12.0 Å². The van der Waals surface area contributed by atoms with Crippen molar-refractivity contribution in [3.8, 4) is 5.75 Å². The van der Waals surface area contributed by atoms with Crippen molar-refractivity contribution in [2.45, 2.75) is 32.5 Å². The number of benzene rings is 3. The van der Waals surface area contributed by atoms with E-state index in [4.69, 9.17) is 37.4 Å². The number of nitrogens with zero attached hydrogens (tertiary/aromatic N) is 1. The lowest BCUT2D eigenvalue weighted by atomic mass is 10.1. The maximum Gasteiger partial charge on any atom is 0.333 e. The Bertz CT molecular complexity index is 1310. The van der Waals surface area contributed by atoms with E-state index >= 15 is 0 Å². The number of anilines is 1. The molecule has 3 aromatic carbocycles. The van der Waals surface area contributed by atoms with Crippen LogP contribution in [0.1, 0.15) is 24.5 Å². The normalized spacial score (nSPS) is 11.6. The Morgan fingerprint density at radius 1 is 0.929 bits per heavy atom. The van der Waals surface area contributed by atoms with Crippen molar-refractivity contribution >= 4 is 40.9 Å². The first-order valence-electron chi connectivity index (χ1n) is 13.2. The Kier molecular flexibility index (Phi) is 13.3. The molecule has 2 N–H and O–H groups in total. The van der Waals surface area contributed by atoms with Crippen LogP contribution in [0.2, 0.25) is 10.0 Å². The van der Waals surface area contributed by atoms with Crippen LogP contribution in [0, 0.1) is 11.6 Å². The highest BCUT2D eigenvalue weighted by molar-refractivity contribution is 6.34. The molecule has 0 bridgehead atoms. The van der Waals surface area contributed by atoms with E-state index in [2.05, 4.69) is 5.32 Å². The van der Waals surface area contributed by atoms with Gasteiger partial charge in [0.15, 0.2) is 17.7 Å². The van der Waals surface area contributed by atoms with Crippen molar-refractivity contribution in [1.29, 1.82) is 0 Å². The van der Waals surface area contributed by atoms with Gasteiger partial charge in [0.1, 0.15) is 12.4 Å². The van der Waals surface area contributed by atoms with E-state index in [9.17, 15) is 23.5 Å². The summed E-state index contributed by atoms with van der Waals surface area (Å²) in [4.78, 5) is 25.8. The standard InChI is InChI=1S/C30H32Cl2F2N2O6/c1-2-41-28(29(37)38)16-20-4-7-25(8-5-20)42-13-11-36(30(39)35-24-6-9-26(33)27(34)18-24)10-3-12-40-19-21-14-22(31)17-23(32)15-21/h4-9,14-15,17-18,28H,2-3,10-13,16,19H2,1H3,(H,35,39)(H,37,38). The number of carboxylic acids is 1. The average molecular weight is 625 g/mol. The molecule has 42 heavy (non-hydrogen) atoms. The summed E-state index contributed by atoms with van der Waals surface area (Å²) < 4.78 is 43.7. The topological polar surface area (TPSA) is 97.3 Å². The SMILES string of the molecule is CCOC(Cc1ccc(OCCN(CCCOCc2cc(Cl)cc(Cl)c2)C(=O)Nc2ccc(F)c(F)c2)cc1)C(=O)O. The molecule has 2 amide bonds. The number of urea groups is 1. The Morgan fingerprint density at radius 2 is 1.64 bits per heavy atom. The second kappa shape index (κ2) is 16.9. The number of carbonyl (C=O) groups excluding carboxylic acids is 1. The van der Waals surface area contributed by atoms with Crippen LogP contribution in [0.25, 0.3) is 0 Å². The maximum atomic E-state index is 13.6. The summed E-state index contributed by atoms with van der Waals surface area (Å²) in [5, 5.41) is 12.9. The minimum absolute atomic E-state index is 0.112. The number of halogens is 4. The van der Waals surface area contributed by atoms with E-state index in [1.165, 1.54) is 11.0 Å². The van der Waals surface area contributed by atoms with E-state index in [1.807, 2.05) is 0 Å². The molecular formula is C30H32Cl2F2N2O6. The quantitative estimate of drug-likeness (QED) is 0.170. The molecule has 0 aliphatic heterocycles. The highest BCUT2D eigenvalue weighted by Gasteiger charge is 2.18. The summed E-state index contributed by atoms with van der Waals surface area (Å²) in [6.07, 6.45) is -0.234. The number of hydrogen-bond donors (Lipinski definition) is 2. The molecule has 12 heteroatoms. The van der Waals surface area contributed by atoms with Gasteiger partial charge in [0, 0.05) is 48.0 Å². The predicted molar refractivity (Wildman–Crippen MR) is 156 cm³/mol. The van der Waals surface area contributed by atoms with Gasteiger partial charge in [-0.2, -0.15) is 0 Å². The van der Waals surface area contributed by atoms with E-state index in [-0.39, 0.29) is 31.9 Å². The van der Waals surface area contributed by atoms with Gasteiger partial charge < -0.3 is 29.5 Å². The number of carboxylic acid groups (broad SMARTS) is 1. The minimum Gasteiger partial charge on any atom is -0.492 e. The summed E-state index contributed by atoms with van der Waals surface area (Å²) in [5.41, 5.74) is 1.70. The summed E-state index contributed by atoms with van der Waals surface area (Å²) >= 11 is 12.0. The van der Waals surface area contributed by atoms with E-state index in [0.29, 0.717) is 42.0 Å². The number of carbonyl (C=O) groups is 2. The van der Waals surface area contributed by atoms with Gasteiger partial charge in [-0.1, -0.05) is 35.3 Å². The molecule has 0 aromatic heterocycles. The number of amides is 2. The minimum atomic E-state index is -1.07. The molecule has 3 rings (SSSR count). The van der Waals surface area contributed by atoms with E-state index < -0.39 is 29.7 Å². The second-order valence-corrected chi connectivity index (χ2v) is 10.1. The molecule has 1 atom stereocenters. The summed E-state index contributed by atoms with van der Waals surface area (Å²) in [6.45, 7) is 3.27. The van der Waals surface area contributed by atoms with Crippen molar-refractivity contribution in [2.75, 3.05) is 38.2 Å². The van der Waals surface area contributed by atoms with Crippen LogP contribution < -0.4 is 10.1 Å². The molecule has 0 heterocycles. The zero-order chi connectivity index (χ0) is 30.5. The molecule has 1 unspecified atom stereocenters. The van der Waals surface area contributed by atoms with Crippen molar-refractivity contribution in [3.05, 3.63) is 93.5 Å². The fourth-order valence-electron chi connectivity index (χ4n) is 3.96. The van der Waals surface area contributed by atoms with Crippen LogP contribution in [-0.2, 0) is 27.3 Å². The summed E-state index contributed by atoms with van der Waals surface area (Å²) in [5.74, 6) is -2.58. The van der Waals surface area contributed by atoms with Crippen LogP contribution in [0.5, 0.6) is 5.75 Å². The smallest absolute Gasteiger partial charge is 0.333 e. The number of aliphatic carboxylic acids is 1. The Labute approximate surface area is 253 Å². The first kappa shape index (κ1) is 33.1. The first-order chi connectivity index (χ1) is 20.1. The van der Waals surface area contributed by atoms with Gasteiger partial charge in [0.05, 0.1) is 13.2 Å². The van der Waals surface area contributed by atoms with Crippen molar-refractivity contribution in [3.63, 3.8) is 0 Å². The summed E-state index contributed by atoms with van der Waals surface area (Å²) in [7, 11) is 0. The maximum absolute atomic E-state index is 13.6. The second-order valence-electron chi connectivity index (χ2n) is 9.21. The van der Waals surface area contributed by atoms with Crippen LogP contribution in [0.3, 0.4) is 0 Å². The molecule has 0 fully saturated rings. The summed E-state index contributed by atoms with van der Waals surface area (Å²) in [6, 6.07) is 14.7. The van der Waals surface area contributed by atoms with E-state index in [1.54, 1.807) is 49.4 Å². The van der Waals surface area contributed by atoms with Gasteiger partial charge in [-0.15, -0.1) is 0 Å². The number of hydrogen-bond acceptors (Lipinski definition) is 5. The van der Waals surface area contributed by atoms with Crippen molar-refractivity contribution < 1.29 is 37.7 Å². The monoisotopic (exact) mass is 624 g/mol. The molecule has 226 valence electrons. The van der Waals surface area contributed by atoms with Crippen molar-refractivity contribution in [2.24, 2.45) is 0 Å². The molecule has 0 spiro atoms. The third-order valence-electron chi connectivity index (χ3n) is 5.98. The molecule has 0 saturated heterocycles. The van der Waals surface area contributed by atoms with E-state index in [0.717, 1.165) is 23.3 Å². The fourth-order valence-corrected chi connectivity index (χ4v) is 4.53.